The minimum Gasteiger partial charge on any atom is -0.462 e. The third-order valence-corrected chi connectivity index (χ3v) is 9.79. The van der Waals surface area contributed by atoms with Crippen LogP contribution in [-0.2, 0) is 32.7 Å². The summed E-state index contributed by atoms with van der Waals surface area (Å²) in [6.45, 7) is 3.71. The molecular formula is C41H78NO8P. The lowest BCUT2D eigenvalue weighted by Crippen LogP contribution is -2.29. The first kappa shape index (κ1) is 49.5. The predicted molar refractivity (Wildman–Crippen MR) is 211 cm³/mol. The first-order valence-electron chi connectivity index (χ1n) is 20.8. The van der Waals surface area contributed by atoms with Crippen LogP contribution < -0.4 is 5.73 Å². The highest BCUT2D eigenvalue weighted by atomic mass is 31.2. The molecule has 0 saturated heterocycles. The maximum Gasteiger partial charge on any atom is 0.472 e. The fourth-order valence-corrected chi connectivity index (χ4v) is 6.45. The molecule has 0 spiro atoms. The molecule has 9 nitrogen and oxygen atoms in total. The van der Waals surface area contributed by atoms with Crippen LogP contribution in [0.15, 0.2) is 24.3 Å². The van der Waals surface area contributed by atoms with Gasteiger partial charge in [-0.1, -0.05) is 141 Å². The summed E-state index contributed by atoms with van der Waals surface area (Å²) >= 11 is 0. The minimum absolute atomic E-state index is 0.0518. The number of hydrogen-bond acceptors (Lipinski definition) is 8. The van der Waals surface area contributed by atoms with Gasteiger partial charge in [-0.15, -0.1) is 0 Å². The van der Waals surface area contributed by atoms with E-state index in [1.54, 1.807) is 0 Å². The van der Waals surface area contributed by atoms with Gasteiger partial charge in [-0.25, -0.2) is 4.57 Å². The molecule has 0 fully saturated rings. The van der Waals surface area contributed by atoms with Gasteiger partial charge in [0.05, 0.1) is 13.2 Å². The van der Waals surface area contributed by atoms with Gasteiger partial charge in [-0.3, -0.25) is 18.6 Å². The summed E-state index contributed by atoms with van der Waals surface area (Å²) in [6, 6.07) is 0. The molecule has 10 heteroatoms. The number of rotatable bonds is 39. The average Bonchev–Trinajstić information content (AvgIpc) is 3.11. The van der Waals surface area contributed by atoms with Gasteiger partial charge >= 0.3 is 19.8 Å². The number of phosphoric ester groups is 1. The molecule has 0 aromatic rings. The molecule has 0 rings (SSSR count). The summed E-state index contributed by atoms with van der Waals surface area (Å²) < 4.78 is 32.7. The fraction of sp³-hybridized carbons (Fsp3) is 0.854. The first-order valence-corrected chi connectivity index (χ1v) is 22.3. The Labute approximate surface area is 312 Å². The summed E-state index contributed by atoms with van der Waals surface area (Å²) in [5.74, 6) is -0.845. The van der Waals surface area contributed by atoms with Crippen LogP contribution in [-0.4, -0.2) is 49.3 Å². The Balaban J connectivity index is 4.20. The van der Waals surface area contributed by atoms with E-state index in [2.05, 4.69) is 38.2 Å². The highest BCUT2D eigenvalue weighted by Gasteiger charge is 2.26. The molecule has 300 valence electrons. The highest BCUT2D eigenvalue weighted by molar-refractivity contribution is 7.47. The van der Waals surface area contributed by atoms with E-state index in [0.29, 0.717) is 6.42 Å². The molecule has 0 aliphatic carbocycles. The van der Waals surface area contributed by atoms with Crippen molar-refractivity contribution in [3.05, 3.63) is 24.3 Å². The Morgan fingerprint density at radius 1 is 0.569 bits per heavy atom. The smallest absolute Gasteiger partial charge is 0.462 e. The molecule has 0 heterocycles. The predicted octanol–water partition coefficient (Wildman–Crippen LogP) is 11.6. The molecule has 0 aliphatic rings. The molecule has 0 aromatic carbocycles. The zero-order chi connectivity index (χ0) is 37.5. The van der Waals surface area contributed by atoms with Crippen LogP contribution in [0, 0.1) is 0 Å². The largest absolute Gasteiger partial charge is 0.472 e. The van der Waals surface area contributed by atoms with E-state index in [-0.39, 0.29) is 32.6 Å². The van der Waals surface area contributed by atoms with E-state index < -0.39 is 32.5 Å². The zero-order valence-corrected chi connectivity index (χ0v) is 33.7. The van der Waals surface area contributed by atoms with Crippen molar-refractivity contribution < 1.29 is 37.6 Å². The van der Waals surface area contributed by atoms with Crippen molar-refractivity contribution in [2.45, 2.75) is 200 Å². The van der Waals surface area contributed by atoms with Gasteiger partial charge in [0.15, 0.2) is 6.10 Å². The molecule has 0 bridgehead atoms. The molecule has 0 saturated carbocycles. The lowest BCUT2D eigenvalue weighted by atomic mass is 10.1. The van der Waals surface area contributed by atoms with Crippen molar-refractivity contribution in [2.24, 2.45) is 5.73 Å². The second kappa shape index (κ2) is 38.2. The molecule has 0 aromatic heterocycles. The van der Waals surface area contributed by atoms with Gasteiger partial charge in [-0.2, -0.15) is 0 Å². The molecule has 0 radical (unpaired) electrons. The van der Waals surface area contributed by atoms with Crippen LogP contribution in [0.1, 0.15) is 194 Å². The van der Waals surface area contributed by atoms with Gasteiger partial charge in [0.25, 0.3) is 0 Å². The number of allylic oxidation sites excluding steroid dienone is 4. The number of hydrogen-bond donors (Lipinski definition) is 2. The average molecular weight is 744 g/mol. The number of carbonyl (C=O) groups is 2. The third-order valence-electron chi connectivity index (χ3n) is 8.81. The molecule has 0 amide bonds. The van der Waals surface area contributed by atoms with E-state index in [0.717, 1.165) is 70.6 Å². The number of carbonyl (C=O) groups excluding carboxylic acids is 2. The van der Waals surface area contributed by atoms with Gasteiger partial charge in [0.2, 0.25) is 0 Å². The van der Waals surface area contributed by atoms with Crippen molar-refractivity contribution >= 4 is 19.8 Å². The summed E-state index contributed by atoms with van der Waals surface area (Å²) in [6.07, 6.45) is 39.2. The van der Waals surface area contributed by atoms with E-state index in [4.69, 9.17) is 24.3 Å². The summed E-state index contributed by atoms with van der Waals surface area (Å²) in [4.78, 5) is 34.8. The van der Waals surface area contributed by atoms with Gasteiger partial charge in [-0.05, 0) is 64.2 Å². The van der Waals surface area contributed by atoms with Gasteiger partial charge in [0, 0.05) is 19.4 Å². The van der Waals surface area contributed by atoms with Crippen molar-refractivity contribution in [1.82, 2.24) is 0 Å². The Hall–Kier alpha value is -1.51. The van der Waals surface area contributed by atoms with Crippen molar-refractivity contribution in [3.63, 3.8) is 0 Å². The molecule has 3 N–H and O–H groups in total. The van der Waals surface area contributed by atoms with E-state index in [9.17, 15) is 19.0 Å². The number of phosphoric acid groups is 1. The van der Waals surface area contributed by atoms with Crippen LogP contribution in [0.4, 0.5) is 0 Å². The third kappa shape index (κ3) is 38.0. The van der Waals surface area contributed by atoms with E-state index >= 15 is 0 Å². The normalized spacial score (nSPS) is 13.6. The molecular weight excluding hydrogens is 665 g/mol. The Morgan fingerprint density at radius 3 is 1.39 bits per heavy atom. The van der Waals surface area contributed by atoms with E-state index in [1.165, 1.54) is 89.9 Å². The van der Waals surface area contributed by atoms with Crippen molar-refractivity contribution in [2.75, 3.05) is 26.4 Å². The van der Waals surface area contributed by atoms with Gasteiger partial charge in [0.1, 0.15) is 6.61 Å². The Morgan fingerprint density at radius 2 is 0.961 bits per heavy atom. The van der Waals surface area contributed by atoms with Crippen LogP contribution in [0.5, 0.6) is 0 Å². The number of ether oxygens (including phenoxy) is 2. The second-order valence-corrected chi connectivity index (χ2v) is 15.3. The summed E-state index contributed by atoms with van der Waals surface area (Å²) in [7, 11) is -4.37. The molecule has 2 atom stereocenters. The van der Waals surface area contributed by atoms with Crippen molar-refractivity contribution in [1.29, 1.82) is 0 Å². The summed E-state index contributed by atoms with van der Waals surface area (Å²) in [5.41, 5.74) is 5.34. The first-order chi connectivity index (χ1) is 24.8. The molecule has 51 heavy (non-hydrogen) atoms. The Bertz CT molecular complexity index is 897. The number of unbranched alkanes of at least 4 members (excludes halogenated alkanes) is 22. The zero-order valence-electron chi connectivity index (χ0n) is 32.8. The van der Waals surface area contributed by atoms with Crippen LogP contribution in [0.3, 0.4) is 0 Å². The number of esters is 2. The second-order valence-electron chi connectivity index (χ2n) is 13.8. The van der Waals surface area contributed by atoms with E-state index in [1.807, 2.05) is 0 Å². The lowest BCUT2D eigenvalue weighted by Gasteiger charge is -2.19. The van der Waals surface area contributed by atoms with Crippen LogP contribution >= 0.6 is 7.82 Å². The monoisotopic (exact) mass is 744 g/mol. The topological polar surface area (TPSA) is 134 Å². The maximum atomic E-state index is 12.5. The highest BCUT2D eigenvalue weighted by Crippen LogP contribution is 2.43. The minimum atomic E-state index is -4.37. The Kier molecular flexibility index (Phi) is 37.1. The van der Waals surface area contributed by atoms with Gasteiger partial charge < -0.3 is 20.1 Å². The molecule has 0 aliphatic heterocycles. The number of nitrogens with two attached hydrogens (primary N) is 1. The summed E-state index contributed by atoms with van der Waals surface area (Å²) in [5, 5.41) is 0. The lowest BCUT2D eigenvalue weighted by molar-refractivity contribution is -0.161. The quantitative estimate of drug-likeness (QED) is 0.0273. The fourth-order valence-electron chi connectivity index (χ4n) is 5.68. The molecule has 1 unspecified atom stereocenters. The standard InChI is InChI=1S/C41H78NO8P/c1-3-5-7-9-11-13-15-17-19-21-23-25-27-29-31-33-40(43)47-37-39(38-49-51(45,46)48-36-35-42)50-41(44)34-32-30-28-26-24-22-20-18-16-14-12-10-8-6-4-2/h17-20,39H,3-16,21-38,42H2,1-2H3,(H,45,46)/b19-17+,20-18+/t39-/m1/s1. The SMILES string of the molecule is CCCCCCCC/C=C/CCCCCCCC(=O)OC[C@H](COP(=O)(O)OCCN)OC(=O)CCCCCCC/C=C/CCCCCCCC. The maximum absolute atomic E-state index is 12.5. The van der Waals surface area contributed by atoms with Crippen molar-refractivity contribution in [3.8, 4) is 0 Å². The van der Waals surface area contributed by atoms with Crippen LogP contribution in [0.2, 0.25) is 0 Å². The van der Waals surface area contributed by atoms with Crippen LogP contribution in [0.25, 0.3) is 0 Å².